The maximum atomic E-state index is 12.7. The first kappa shape index (κ1) is 25.9. The quantitative estimate of drug-likeness (QED) is 0.269. The number of ether oxygens (including phenoxy) is 3. The van der Waals surface area contributed by atoms with Gasteiger partial charge in [0.15, 0.2) is 6.10 Å². The molecule has 0 unspecified atom stereocenters. The zero-order chi connectivity index (χ0) is 25.4. The number of hydrogen-bond acceptors (Lipinski definition) is 7. The van der Waals surface area contributed by atoms with Crippen molar-refractivity contribution in [2.45, 2.75) is 45.6 Å². The lowest BCUT2D eigenvalue weighted by molar-refractivity contribution is -0.151. The van der Waals surface area contributed by atoms with Gasteiger partial charge in [0.05, 0.1) is 25.2 Å². The first-order chi connectivity index (χ1) is 16.8. The van der Waals surface area contributed by atoms with Crippen molar-refractivity contribution in [3.8, 4) is 5.75 Å². The highest BCUT2D eigenvalue weighted by molar-refractivity contribution is 6.02. The van der Waals surface area contributed by atoms with Crippen LogP contribution in [0.5, 0.6) is 5.75 Å². The maximum Gasteiger partial charge on any atom is 0.338 e. The van der Waals surface area contributed by atoms with Gasteiger partial charge >= 0.3 is 11.9 Å². The molecule has 1 saturated heterocycles. The van der Waals surface area contributed by atoms with Gasteiger partial charge < -0.3 is 19.1 Å². The van der Waals surface area contributed by atoms with Gasteiger partial charge in [-0.3, -0.25) is 14.4 Å². The number of carbonyl (C=O) groups excluding carboxylic acids is 4. The van der Waals surface area contributed by atoms with Crippen molar-refractivity contribution in [3.63, 3.8) is 0 Å². The lowest BCUT2D eigenvalue weighted by Crippen LogP contribution is -2.30. The number of carbonyl (C=O) groups is 4. The molecule has 0 radical (unpaired) electrons. The average Bonchev–Trinajstić information content (AvgIpc) is 3.27. The number of amides is 1. The zero-order valence-corrected chi connectivity index (χ0v) is 20.3. The molecule has 1 amide bonds. The van der Waals surface area contributed by atoms with Gasteiger partial charge in [0.25, 0.3) is 0 Å². The van der Waals surface area contributed by atoms with Crippen LogP contribution in [-0.2, 0) is 19.1 Å². The second-order valence-electron chi connectivity index (χ2n) is 8.47. The molecule has 2 atom stereocenters. The molecule has 0 saturated carbocycles. The van der Waals surface area contributed by atoms with Gasteiger partial charge in [0.1, 0.15) is 5.75 Å². The maximum absolute atomic E-state index is 12.7. The molecule has 1 fully saturated rings. The van der Waals surface area contributed by atoms with E-state index in [9.17, 15) is 19.2 Å². The molecule has 186 valence electrons. The zero-order valence-electron chi connectivity index (χ0n) is 20.3. The summed E-state index contributed by atoms with van der Waals surface area (Å²) in [5.74, 6) is -1.63. The lowest BCUT2D eigenvalue weighted by Gasteiger charge is -2.18. The summed E-state index contributed by atoms with van der Waals surface area (Å²) in [7, 11) is 1.53. The molecule has 0 aromatic heterocycles. The van der Waals surface area contributed by atoms with Crippen LogP contribution < -0.4 is 9.64 Å². The molecule has 8 heteroatoms. The van der Waals surface area contributed by atoms with Crippen LogP contribution in [0.1, 0.15) is 60.2 Å². The fraction of sp³-hybridized carbons (Fsp3) is 0.407. The summed E-state index contributed by atoms with van der Waals surface area (Å²) in [6.07, 6.45) is 1.88. The fourth-order valence-electron chi connectivity index (χ4n) is 3.81. The van der Waals surface area contributed by atoms with E-state index < -0.39 is 24.0 Å². The van der Waals surface area contributed by atoms with Crippen molar-refractivity contribution in [1.82, 2.24) is 0 Å². The number of hydrogen-bond donors (Lipinski definition) is 0. The van der Waals surface area contributed by atoms with Crippen LogP contribution in [0.4, 0.5) is 5.69 Å². The monoisotopic (exact) mass is 481 g/mol. The van der Waals surface area contributed by atoms with Crippen molar-refractivity contribution >= 4 is 29.3 Å². The Morgan fingerprint density at radius 3 is 2.29 bits per heavy atom. The van der Waals surface area contributed by atoms with Crippen LogP contribution in [0.3, 0.4) is 0 Å². The Morgan fingerprint density at radius 2 is 1.66 bits per heavy atom. The van der Waals surface area contributed by atoms with Crippen molar-refractivity contribution in [2.24, 2.45) is 5.92 Å². The van der Waals surface area contributed by atoms with E-state index in [1.165, 1.54) is 18.9 Å². The Bertz CT molecular complexity index is 1050. The molecule has 1 heterocycles. The molecule has 2 aromatic rings. The number of rotatable bonds is 11. The molecule has 1 aliphatic rings. The second kappa shape index (κ2) is 12.1. The first-order valence-electron chi connectivity index (χ1n) is 11.8. The third kappa shape index (κ3) is 6.68. The van der Waals surface area contributed by atoms with E-state index in [-0.39, 0.29) is 24.7 Å². The molecule has 1 aliphatic heterocycles. The second-order valence-corrected chi connectivity index (χ2v) is 8.47. The average molecular weight is 482 g/mol. The minimum atomic E-state index is -0.984. The predicted octanol–water partition coefficient (Wildman–Crippen LogP) is 4.21. The summed E-state index contributed by atoms with van der Waals surface area (Å²) < 4.78 is 15.7. The smallest absolute Gasteiger partial charge is 0.338 e. The molecule has 8 nitrogen and oxygen atoms in total. The number of esters is 2. The van der Waals surface area contributed by atoms with E-state index in [0.29, 0.717) is 29.2 Å². The Balaban J connectivity index is 1.55. The standard InChI is InChI=1S/C27H31NO7/c1-4-5-6-15-34-26(31)20-7-11-22(12-8-20)28-17-21(16-24(28)29)27(32)35-18(2)25(30)19-9-13-23(33-3)14-10-19/h7-14,18,21H,4-6,15-17H2,1-3H3/t18-,21+/m0/s1. The molecule has 0 aliphatic carbocycles. The number of nitrogens with zero attached hydrogens (tertiary/aromatic N) is 1. The Kier molecular flexibility index (Phi) is 9.00. The van der Waals surface area contributed by atoms with Crippen LogP contribution in [0.2, 0.25) is 0 Å². The molecule has 0 bridgehead atoms. The van der Waals surface area contributed by atoms with E-state index in [4.69, 9.17) is 14.2 Å². The Labute approximate surface area is 205 Å². The summed E-state index contributed by atoms with van der Waals surface area (Å²) in [5, 5.41) is 0. The van der Waals surface area contributed by atoms with Crippen LogP contribution in [0, 0.1) is 5.92 Å². The van der Waals surface area contributed by atoms with Crippen LogP contribution in [-0.4, -0.2) is 50.0 Å². The number of Topliss-reactive ketones (excluding diaryl/α,β-unsaturated/α-hetero) is 1. The third-order valence-corrected chi connectivity index (χ3v) is 5.89. The molecular weight excluding hydrogens is 450 g/mol. The summed E-state index contributed by atoms with van der Waals surface area (Å²) >= 11 is 0. The molecule has 2 aromatic carbocycles. The molecule has 35 heavy (non-hydrogen) atoms. The van der Waals surface area contributed by atoms with E-state index in [1.54, 1.807) is 48.5 Å². The van der Waals surface area contributed by atoms with E-state index in [0.717, 1.165) is 19.3 Å². The highest BCUT2D eigenvalue weighted by Crippen LogP contribution is 2.27. The van der Waals surface area contributed by atoms with Crippen LogP contribution >= 0.6 is 0 Å². The van der Waals surface area contributed by atoms with Crippen molar-refractivity contribution in [2.75, 3.05) is 25.2 Å². The summed E-state index contributed by atoms with van der Waals surface area (Å²) in [6, 6.07) is 13.1. The molecule has 3 rings (SSSR count). The van der Waals surface area contributed by atoms with Gasteiger partial charge in [-0.1, -0.05) is 19.8 Å². The number of methoxy groups -OCH3 is 1. The minimum Gasteiger partial charge on any atom is -0.497 e. The van der Waals surface area contributed by atoms with Gasteiger partial charge in [0, 0.05) is 24.2 Å². The minimum absolute atomic E-state index is 0.0104. The van der Waals surface area contributed by atoms with Crippen molar-refractivity contribution < 1.29 is 33.4 Å². The molecule has 0 spiro atoms. The number of anilines is 1. The molecular formula is C27H31NO7. The highest BCUT2D eigenvalue weighted by atomic mass is 16.5. The Morgan fingerprint density at radius 1 is 1.00 bits per heavy atom. The summed E-state index contributed by atoms with van der Waals surface area (Å²) in [6.45, 7) is 4.11. The van der Waals surface area contributed by atoms with Gasteiger partial charge in [-0.2, -0.15) is 0 Å². The van der Waals surface area contributed by atoms with E-state index >= 15 is 0 Å². The van der Waals surface area contributed by atoms with E-state index in [1.807, 2.05) is 0 Å². The Hall–Kier alpha value is -3.68. The highest BCUT2D eigenvalue weighted by Gasteiger charge is 2.37. The predicted molar refractivity (Wildman–Crippen MR) is 130 cm³/mol. The van der Waals surface area contributed by atoms with Crippen molar-refractivity contribution in [1.29, 1.82) is 0 Å². The van der Waals surface area contributed by atoms with Crippen molar-refractivity contribution in [3.05, 3.63) is 59.7 Å². The number of unbranched alkanes of at least 4 members (excludes halogenated alkanes) is 2. The normalized spacial score (nSPS) is 16.0. The summed E-state index contributed by atoms with van der Waals surface area (Å²) in [4.78, 5) is 51.5. The SMILES string of the molecule is CCCCCOC(=O)c1ccc(N2C[C@H](C(=O)O[C@@H](C)C(=O)c3ccc(OC)cc3)CC2=O)cc1. The largest absolute Gasteiger partial charge is 0.497 e. The van der Waals surface area contributed by atoms with Gasteiger partial charge in [-0.05, 0) is 61.9 Å². The topological polar surface area (TPSA) is 99.2 Å². The molecule has 0 N–H and O–H groups in total. The van der Waals surface area contributed by atoms with Crippen LogP contribution in [0.25, 0.3) is 0 Å². The van der Waals surface area contributed by atoms with Gasteiger partial charge in [-0.25, -0.2) is 4.79 Å². The van der Waals surface area contributed by atoms with Gasteiger partial charge in [-0.15, -0.1) is 0 Å². The third-order valence-electron chi connectivity index (χ3n) is 5.89. The fourth-order valence-corrected chi connectivity index (χ4v) is 3.81. The number of benzene rings is 2. The first-order valence-corrected chi connectivity index (χ1v) is 11.8. The lowest BCUT2D eigenvalue weighted by atomic mass is 10.1. The van der Waals surface area contributed by atoms with Crippen LogP contribution in [0.15, 0.2) is 48.5 Å². The van der Waals surface area contributed by atoms with Gasteiger partial charge in [0.2, 0.25) is 11.7 Å². The van der Waals surface area contributed by atoms with E-state index in [2.05, 4.69) is 6.92 Å². The summed E-state index contributed by atoms with van der Waals surface area (Å²) in [5.41, 5.74) is 1.38. The number of ketones is 1.